The minimum Gasteiger partial charge on any atom is -0.392 e. The van der Waals surface area contributed by atoms with E-state index in [-0.39, 0.29) is 11.4 Å². The summed E-state index contributed by atoms with van der Waals surface area (Å²) in [7, 11) is 0. The number of nitrogen functional groups attached to an aromatic ring is 1. The molecule has 0 spiro atoms. The standard InChI is InChI=1S/C5H4IN3O2/c6-3-1-8-2-4(5(3)7)9(10)11/h1-2H,(H2,7,8). The third-order valence-electron chi connectivity index (χ3n) is 1.11. The predicted molar refractivity (Wildman–Crippen MR) is 48.0 cm³/mol. The van der Waals surface area contributed by atoms with Crippen LogP contribution in [0.5, 0.6) is 0 Å². The van der Waals surface area contributed by atoms with Crippen molar-refractivity contribution in [1.82, 2.24) is 4.98 Å². The molecular formula is C5H4IN3O2. The molecule has 0 radical (unpaired) electrons. The van der Waals surface area contributed by atoms with Crippen LogP contribution in [0.15, 0.2) is 12.4 Å². The zero-order valence-corrected chi connectivity index (χ0v) is 7.48. The molecule has 0 saturated carbocycles. The molecular weight excluding hydrogens is 261 g/mol. The third-order valence-corrected chi connectivity index (χ3v) is 1.97. The number of aromatic nitrogens is 1. The van der Waals surface area contributed by atoms with E-state index < -0.39 is 4.92 Å². The molecule has 0 aromatic carbocycles. The normalized spacial score (nSPS) is 9.55. The van der Waals surface area contributed by atoms with Crippen LogP contribution < -0.4 is 5.73 Å². The Kier molecular flexibility index (Phi) is 2.22. The van der Waals surface area contributed by atoms with E-state index in [0.717, 1.165) is 6.20 Å². The molecule has 58 valence electrons. The molecule has 0 atom stereocenters. The Labute approximate surface area is 75.9 Å². The average Bonchev–Trinajstić information content (AvgIpc) is 1.94. The zero-order chi connectivity index (χ0) is 8.43. The number of pyridine rings is 1. The van der Waals surface area contributed by atoms with E-state index in [0.29, 0.717) is 3.57 Å². The molecule has 0 aliphatic heterocycles. The second kappa shape index (κ2) is 2.99. The van der Waals surface area contributed by atoms with Crippen molar-refractivity contribution >= 4 is 34.0 Å². The summed E-state index contributed by atoms with van der Waals surface area (Å²) in [5.74, 6) is 0. The Morgan fingerprint density at radius 1 is 1.64 bits per heavy atom. The Morgan fingerprint density at radius 2 is 2.27 bits per heavy atom. The van der Waals surface area contributed by atoms with Crippen LogP contribution in [-0.4, -0.2) is 9.91 Å². The number of hydrogen-bond donors (Lipinski definition) is 1. The molecule has 0 aliphatic carbocycles. The van der Waals surface area contributed by atoms with Gasteiger partial charge in [0.15, 0.2) is 0 Å². The van der Waals surface area contributed by atoms with Crippen molar-refractivity contribution in [3.63, 3.8) is 0 Å². The van der Waals surface area contributed by atoms with Gasteiger partial charge in [0.2, 0.25) is 0 Å². The third kappa shape index (κ3) is 1.56. The van der Waals surface area contributed by atoms with Gasteiger partial charge in [-0.25, -0.2) is 0 Å². The van der Waals surface area contributed by atoms with Crippen LogP contribution in [0.1, 0.15) is 0 Å². The van der Waals surface area contributed by atoms with Crippen LogP contribution in [-0.2, 0) is 0 Å². The highest BCUT2D eigenvalue weighted by Crippen LogP contribution is 2.23. The Balaban J connectivity index is 3.27. The first-order valence-electron chi connectivity index (χ1n) is 2.66. The quantitative estimate of drug-likeness (QED) is 0.469. The second-order valence-corrected chi connectivity index (χ2v) is 2.97. The minimum absolute atomic E-state index is 0.142. The molecule has 0 aliphatic rings. The highest BCUT2D eigenvalue weighted by molar-refractivity contribution is 14.1. The topological polar surface area (TPSA) is 82.0 Å². The van der Waals surface area contributed by atoms with E-state index in [1.807, 2.05) is 22.6 Å². The first kappa shape index (κ1) is 8.18. The zero-order valence-electron chi connectivity index (χ0n) is 5.32. The van der Waals surface area contributed by atoms with Crippen LogP contribution in [0.2, 0.25) is 0 Å². The summed E-state index contributed by atoms with van der Waals surface area (Å²) in [5, 5.41) is 10.3. The summed E-state index contributed by atoms with van der Waals surface area (Å²) < 4.78 is 0.594. The predicted octanol–water partition coefficient (Wildman–Crippen LogP) is 1.18. The van der Waals surface area contributed by atoms with E-state index in [1.54, 1.807) is 0 Å². The van der Waals surface area contributed by atoms with Gasteiger partial charge in [-0.2, -0.15) is 0 Å². The van der Waals surface area contributed by atoms with Crippen LogP contribution in [0.25, 0.3) is 0 Å². The van der Waals surface area contributed by atoms with Gasteiger partial charge < -0.3 is 5.73 Å². The number of nitrogens with zero attached hydrogens (tertiary/aromatic N) is 2. The van der Waals surface area contributed by atoms with Crippen LogP contribution in [0.4, 0.5) is 11.4 Å². The Hall–Kier alpha value is -0.920. The number of nitro groups is 1. The van der Waals surface area contributed by atoms with Crippen molar-refractivity contribution < 1.29 is 4.92 Å². The number of halogens is 1. The monoisotopic (exact) mass is 265 g/mol. The van der Waals surface area contributed by atoms with Crippen molar-refractivity contribution in [2.75, 3.05) is 5.73 Å². The molecule has 0 amide bonds. The van der Waals surface area contributed by atoms with Gasteiger partial charge in [-0.1, -0.05) is 0 Å². The van der Waals surface area contributed by atoms with Crippen molar-refractivity contribution in [2.24, 2.45) is 0 Å². The Bertz CT molecular complexity index is 302. The van der Waals surface area contributed by atoms with Gasteiger partial charge in [-0.05, 0) is 22.6 Å². The first-order valence-corrected chi connectivity index (χ1v) is 3.74. The summed E-state index contributed by atoms with van der Waals surface area (Å²) in [6.07, 6.45) is 2.61. The van der Waals surface area contributed by atoms with Crippen LogP contribution in [0.3, 0.4) is 0 Å². The van der Waals surface area contributed by atoms with E-state index >= 15 is 0 Å². The molecule has 1 aromatic rings. The number of rotatable bonds is 1. The molecule has 11 heavy (non-hydrogen) atoms. The van der Waals surface area contributed by atoms with Gasteiger partial charge in [-0.15, -0.1) is 0 Å². The molecule has 1 rings (SSSR count). The smallest absolute Gasteiger partial charge is 0.311 e. The summed E-state index contributed by atoms with van der Waals surface area (Å²) in [5.41, 5.74) is 5.42. The molecule has 0 unspecified atom stereocenters. The maximum absolute atomic E-state index is 10.3. The summed E-state index contributed by atoms with van der Waals surface area (Å²) in [6.45, 7) is 0. The van der Waals surface area contributed by atoms with Gasteiger partial charge in [0.1, 0.15) is 11.9 Å². The molecule has 6 heteroatoms. The van der Waals surface area contributed by atoms with E-state index in [1.165, 1.54) is 6.20 Å². The van der Waals surface area contributed by atoms with E-state index in [9.17, 15) is 10.1 Å². The number of nitrogens with two attached hydrogens (primary N) is 1. The van der Waals surface area contributed by atoms with Crippen molar-refractivity contribution in [3.8, 4) is 0 Å². The average molecular weight is 265 g/mol. The van der Waals surface area contributed by atoms with Gasteiger partial charge in [0, 0.05) is 6.20 Å². The molecule has 0 bridgehead atoms. The molecule has 1 heterocycles. The molecule has 1 aromatic heterocycles. The highest BCUT2D eigenvalue weighted by atomic mass is 127. The SMILES string of the molecule is Nc1c(I)cncc1[N+](=O)[O-]. The number of hydrogen-bond acceptors (Lipinski definition) is 4. The fourth-order valence-corrected chi connectivity index (χ4v) is 1.02. The first-order chi connectivity index (χ1) is 5.13. The van der Waals surface area contributed by atoms with Gasteiger partial charge in [0.05, 0.1) is 8.49 Å². The lowest BCUT2D eigenvalue weighted by Crippen LogP contribution is -1.98. The molecule has 5 nitrogen and oxygen atoms in total. The van der Waals surface area contributed by atoms with Crippen molar-refractivity contribution in [2.45, 2.75) is 0 Å². The minimum atomic E-state index is -0.551. The maximum Gasteiger partial charge on any atom is 0.311 e. The largest absolute Gasteiger partial charge is 0.392 e. The second-order valence-electron chi connectivity index (χ2n) is 1.81. The fraction of sp³-hybridized carbons (Fsp3) is 0. The van der Waals surface area contributed by atoms with E-state index in [2.05, 4.69) is 4.98 Å². The van der Waals surface area contributed by atoms with E-state index in [4.69, 9.17) is 5.73 Å². The van der Waals surface area contributed by atoms with Crippen molar-refractivity contribution in [1.29, 1.82) is 0 Å². The van der Waals surface area contributed by atoms with Gasteiger partial charge >= 0.3 is 5.69 Å². The van der Waals surface area contributed by atoms with Crippen LogP contribution in [0, 0.1) is 13.7 Å². The maximum atomic E-state index is 10.3. The van der Waals surface area contributed by atoms with Crippen LogP contribution >= 0.6 is 22.6 Å². The molecule has 0 fully saturated rings. The lowest BCUT2D eigenvalue weighted by molar-refractivity contribution is -0.384. The molecule has 0 saturated heterocycles. The Morgan fingerprint density at radius 3 is 2.73 bits per heavy atom. The van der Waals surface area contributed by atoms with Crippen molar-refractivity contribution in [3.05, 3.63) is 26.1 Å². The lowest BCUT2D eigenvalue weighted by Gasteiger charge is -1.96. The lowest BCUT2D eigenvalue weighted by atomic mass is 10.4. The van der Waals surface area contributed by atoms with Gasteiger partial charge in [0.25, 0.3) is 0 Å². The summed E-state index contributed by atoms with van der Waals surface area (Å²) >= 11 is 1.89. The summed E-state index contributed by atoms with van der Waals surface area (Å²) in [4.78, 5) is 13.3. The highest BCUT2D eigenvalue weighted by Gasteiger charge is 2.12. The number of anilines is 1. The summed E-state index contributed by atoms with van der Waals surface area (Å²) in [6, 6.07) is 0. The van der Waals surface area contributed by atoms with Gasteiger partial charge in [-0.3, -0.25) is 15.1 Å². The fourth-order valence-electron chi connectivity index (χ4n) is 0.580. The molecule has 2 N–H and O–H groups in total.